The van der Waals surface area contributed by atoms with Crippen LogP contribution in [0.1, 0.15) is 12.8 Å². The Balaban J connectivity index is 1.63. The van der Waals surface area contributed by atoms with Gasteiger partial charge in [0.15, 0.2) is 0 Å². The topological polar surface area (TPSA) is 61.8 Å². The van der Waals surface area contributed by atoms with E-state index in [1.54, 1.807) is 0 Å². The Kier molecular flexibility index (Phi) is 4.15. The molecule has 16 heavy (non-hydrogen) atoms. The SMILES string of the molecule is O=C(O)C(NCCN1CCOCC1)C1CC1. The van der Waals surface area contributed by atoms with E-state index in [4.69, 9.17) is 9.84 Å². The lowest BCUT2D eigenvalue weighted by Gasteiger charge is -2.27. The number of nitrogens with zero attached hydrogens (tertiary/aromatic N) is 1. The fourth-order valence-corrected chi connectivity index (χ4v) is 2.09. The van der Waals surface area contributed by atoms with Crippen LogP contribution in [0.15, 0.2) is 0 Å². The van der Waals surface area contributed by atoms with E-state index in [1.165, 1.54) is 0 Å². The molecule has 92 valence electrons. The number of morpholine rings is 1. The van der Waals surface area contributed by atoms with Gasteiger partial charge in [-0.3, -0.25) is 9.69 Å². The Bertz CT molecular complexity index is 237. The second-order valence-electron chi connectivity index (χ2n) is 4.56. The molecule has 1 unspecified atom stereocenters. The van der Waals surface area contributed by atoms with Gasteiger partial charge < -0.3 is 15.2 Å². The summed E-state index contributed by atoms with van der Waals surface area (Å²) in [5, 5.41) is 12.2. The summed E-state index contributed by atoms with van der Waals surface area (Å²) >= 11 is 0. The van der Waals surface area contributed by atoms with Crippen LogP contribution >= 0.6 is 0 Å². The molecule has 0 aromatic rings. The standard InChI is InChI=1S/C11H20N2O3/c14-11(15)10(9-1-2-9)12-3-4-13-5-7-16-8-6-13/h9-10,12H,1-8H2,(H,14,15). The van der Waals surface area contributed by atoms with Crippen LogP contribution in [0.25, 0.3) is 0 Å². The minimum atomic E-state index is -0.704. The first kappa shape index (κ1) is 11.8. The van der Waals surface area contributed by atoms with Crippen LogP contribution in [0.4, 0.5) is 0 Å². The van der Waals surface area contributed by atoms with Crippen molar-refractivity contribution in [3.63, 3.8) is 0 Å². The Hall–Kier alpha value is -0.650. The first-order valence-corrected chi connectivity index (χ1v) is 6.03. The third kappa shape index (κ3) is 3.43. The molecule has 2 aliphatic rings. The number of ether oxygens (including phenoxy) is 1. The molecule has 1 saturated carbocycles. The quantitative estimate of drug-likeness (QED) is 0.657. The minimum Gasteiger partial charge on any atom is -0.480 e. The lowest BCUT2D eigenvalue weighted by Crippen LogP contribution is -2.45. The van der Waals surface area contributed by atoms with Gasteiger partial charge in [-0.05, 0) is 18.8 Å². The lowest BCUT2D eigenvalue weighted by atomic mass is 10.2. The number of aliphatic carboxylic acids is 1. The van der Waals surface area contributed by atoms with Crippen LogP contribution in [0.3, 0.4) is 0 Å². The van der Waals surface area contributed by atoms with Gasteiger partial charge in [0, 0.05) is 26.2 Å². The van der Waals surface area contributed by atoms with E-state index < -0.39 is 5.97 Å². The molecule has 0 amide bonds. The monoisotopic (exact) mass is 228 g/mol. The number of rotatable bonds is 6. The Morgan fingerprint density at radius 1 is 1.44 bits per heavy atom. The second kappa shape index (κ2) is 5.61. The maximum atomic E-state index is 11.0. The molecule has 0 aromatic carbocycles. The van der Waals surface area contributed by atoms with Crippen molar-refractivity contribution in [3.05, 3.63) is 0 Å². The first-order valence-electron chi connectivity index (χ1n) is 6.03. The Morgan fingerprint density at radius 3 is 2.69 bits per heavy atom. The normalized spacial score (nSPS) is 24.2. The molecule has 1 aliphatic carbocycles. The van der Waals surface area contributed by atoms with Crippen LogP contribution in [-0.4, -0.2) is 61.4 Å². The van der Waals surface area contributed by atoms with E-state index in [9.17, 15) is 4.79 Å². The molecule has 0 aromatic heterocycles. The van der Waals surface area contributed by atoms with E-state index in [0.717, 1.165) is 52.2 Å². The maximum Gasteiger partial charge on any atom is 0.320 e. The van der Waals surface area contributed by atoms with Gasteiger partial charge in [-0.2, -0.15) is 0 Å². The van der Waals surface area contributed by atoms with Crippen molar-refractivity contribution in [1.29, 1.82) is 0 Å². The molecular formula is C11H20N2O3. The third-order valence-corrected chi connectivity index (χ3v) is 3.26. The molecule has 0 bridgehead atoms. The highest BCUT2D eigenvalue weighted by Crippen LogP contribution is 2.32. The van der Waals surface area contributed by atoms with Crippen molar-refractivity contribution >= 4 is 5.97 Å². The van der Waals surface area contributed by atoms with Gasteiger partial charge in [-0.15, -0.1) is 0 Å². The zero-order valence-electron chi connectivity index (χ0n) is 9.52. The van der Waals surface area contributed by atoms with Crippen molar-refractivity contribution in [2.24, 2.45) is 5.92 Å². The van der Waals surface area contributed by atoms with E-state index in [-0.39, 0.29) is 6.04 Å². The van der Waals surface area contributed by atoms with Crippen LogP contribution in [0.2, 0.25) is 0 Å². The van der Waals surface area contributed by atoms with Gasteiger partial charge in [0.1, 0.15) is 6.04 Å². The van der Waals surface area contributed by atoms with E-state index >= 15 is 0 Å². The Labute approximate surface area is 95.8 Å². The van der Waals surface area contributed by atoms with Gasteiger partial charge in [0.05, 0.1) is 13.2 Å². The molecule has 2 N–H and O–H groups in total. The summed E-state index contributed by atoms with van der Waals surface area (Å²) in [5.74, 6) is -0.341. The average Bonchev–Trinajstić information content (AvgIpc) is 3.09. The molecule has 5 heteroatoms. The second-order valence-corrected chi connectivity index (χ2v) is 4.56. The highest BCUT2D eigenvalue weighted by Gasteiger charge is 2.35. The van der Waals surface area contributed by atoms with Gasteiger partial charge in [0.2, 0.25) is 0 Å². The number of hydrogen-bond acceptors (Lipinski definition) is 4. The Morgan fingerprint density at radius 2 is 2.12 bits per heavy atom. The average molecular weight is 228 g/mol. The molecule has 1 aliphatic heterocycles. The predicted octanol–water partition coefficient (Wildman–Crippen LogP) is -0.229. The molecule has 0 radical (unpaired) electrons. The molecule has 1 heterocycles. The summed E-state index contributed by atoms with van der Waals surface area (Å²) in [6.07, 6.45) is 2.11. The summed E-state index contributed by atoms with van der Waals surface area (Å²) < 4.78 is 5.26. The third-order valence-electron chi connectivity index (χ3n) is 3.26. The molecule has 1 atom stereocenters. The zero-order valence-corrected chi connectivity index (χ0v) is 9.52. The fourth-order valence-electron chi connectivity index (χ4n) is 2.09. The van der Waals surface area contributed by atoms with Crippen molar-refractivity contribution < 1.29 is 14.6 Å². The number of nitrogens with one attached hydrogen (secondary N) is 1. The van der Waals surface area contributed by atoms with Crippen molar-refractivity contribution in [2.45, 2.75) is 18.9 Å². The van der Waals surface area contributed by atoms with Crippen molar-refractivity contribution in [1.82, 2.24) is 10.2 Å². The van der Waals surface area contributed by atoms with Gasteiger partial charge in [-0.25, -0.2) is 0 Å². The zero-order chi connectivity index (χ0) is 11.4. The summed E-state index contributed by atoms with van der Waals surface area (Å²) in [5.41, 5.74) is 0. The molecule has 1 saturated heterocycles. The first-order chi connectivity index (χ1) is 7.77. The predicted molar refractivity (Wildman–Crippen MR) is 59.4 cm³/mol. The number of hydrogen-bond donors (Lipinski definition) is 2. The summed E-state index contributed by atoms with van der Waals surface area (Å²) in [6, 6.07) is -0.332. The summed E-state index contributed by atoms with van der Waals surface area (Å²) in [4.78, 5) is 13.3. The van der Waals surface area contributed by atoms with Crippen LogP contribution < -0.4 is 5.32 Å². The highest BCUT2D eigenvalue weighted by molar-refractivity contribution is 5.74. The largest absolute Gasteiger partial charge is 0.480 e. The smallest absolute Gasteiger partial charge is 0.320 e. The molecule has 2 fully saturated rings. The lowest BCUT2D eigenvalue weighted by molar-refractivity contribution is -0.140. The van der Waals surface area contributed by atoms with Crippen molar-refractivity contribution in [3.8, 4) is 0 Å². The minimum absolute atomic E-state index is 0.332. The van der Waals surface area contributed by atoms with Gasteiger partial charge >= 0.3 is 5.97 Å². The molecule has 5 nitrogen and oxygen atoms in total. The maximum absolute atomic E-state index is 11.0. The summed E-state index contributed by atoms with van der Waals surface area (Å²) in [7, 11) is 0. The summed E-state index contributed by atoms with van der Waals surface area (Å²) in [6.45, 7) is 5.19. The van der Waals surface area contributed by atoms with Gasteiger partial charge in [0.25, 0.3) is 0 Å². The number of carboxylic acid groups (broad SMARTS) is 1. The van der Waals surface area contributed by atoms with Gasteiger partial charge in [-0.1, -0.05) is 0 Å². The van der Waals surface area contributed by atoms with E-state index in [2.05, 4.69) is 10.2 Å². The molecular weight excluding hydrogens is 208 g/mol. The van der Waals surface area contributed by atoms with Crippen LogP contribution in [0.5, 0.6) is 0 Å². The molecule has 2 rings (SSSR count). The highest BCUT2D eigenvalue weighted by atomic mass is 16.5. The fraction of sp³-hybridized carbons (Fsp3) is 0.909. The number of carboxylic acids is 1. The molecule has 0 spiro atoms. The van der Waals surface area contributed by atoms with E-state index in [0.29, 0.717) is 5.92 Å². The van der Waals surface area contributed by atoms with Crippen LogP contribution in [-0.2, 0) is 9.53 Å². The number of carbonyl (C=O) groups is 1. The van der Waals surface area contributed by atoms with E-state index in [1.807, 2.05) is 0 Å². The van der Waals surface area contributed by atoms with Crippen molar-refractivity contribution in [2.75, 3.05) is 39.4 Å². The van der Waals surface area contributed by atoms with Crippen LogP contribution in [0, 0.1) is 5.92 Å².